The van der Waals surface area contributed by atoms with Crippen LogP contribution >= 0.6 is 11.3 Å². The number of nitrogens with zero attached hydrogens (tertiary/aromatic N) is 4. The minimum atomic E-state index is -0.892. The van der Waals surface area contributed by atoms with Crippen LogP contribution in [0.5, 0.6) is 5.75 Å². The van der Waals surface area contributed by atoms with Crippen LogP contribution in [0.25, 0.3) is 21.6 Å². The Morgan fingerprint density at radius 3 is 2.56 bits per heavy atom. The summed E-state index contributed by atoms with van der Waals surface area (Å²) in [6.45, 7) is 8.16. The Morgan fingerprint density at radius 1 is 1.05 bits per heavy atom. The largest absolute Gasteiger partial charge is 0.505 e. The number of aliphatic hydroxyl groups excluding tert-OH is 1. The third-order valence-corrected chi connectivity index (χ3v) is 7.91. The smallest absolute Gasteiger partial charge is 0.301 e. The van der Waals surface area contributed by atoms with Crippen molar-refractivity contribution in [2.45, 2.75) is 33.7 Å². The van der Waals surface area contributed by atoms with Crippen LogP contribution in [0, 0.1) is 20.8 Å². The normalized spacial score (nSPS) is 17.0. The van der Waals surface area contributed by atoms with Crippen molar-refractivity contribution >= 4 is 49.8 Å². The van der Waals surface area contributed by atoms with E-state index in [4.69, 9.17) is 9.72 Å². The summed E-state index contributed by atoms with van der Waals surface area (Å²) in [7, 11) is 0. The molecule has 1 amide bonds. The number of hydrogen-bond acceptors (Lipinski definition) is 7. The number of anilines is 1. The zero-order valence-electron chi connectivity index (χ0n) is 21.9. The molecule has 1 aliphatic heterocycles. The van der Waals surface area contributed by atoms with Crippen LogP contribution in [-0.2, 0) is 9.59 Å². The molecule has 0 radical (unpaired) electrons. The zero-order valence-corrected chi connectivity index (χ0v) is 22.7. The van der Waals surface area contributed by atoms with Gasteiger partial charge in [0.2, 0.25) is 0 Å². The summed E-state index contributed by atoms with van der Waals surface area (Å²) in [5.74, 6) is -1.12. The summed E-state index contributed by atoms with van der Waals surface area (Å²) in [5, 5.41) is 12.1. The van der Waals surface area contributed by atoms with Gasteiger partial charge in [0.15, 0.2) is 10.9 Å². The second-order valence-electron chi connectivity index (χ2n) is 9.57. The number of carbonyl (C=O) groups is 2. The van der Waals surface area contributed by atoms with Gasteiger partial charge in [-0.3, -0.25) is 18.9 Å². The van der Waals surface area contributed by atoms with E-state index in [-0.39, 0.29) is 11.3 Å². The number of amides is 1. The minimum Gasteiger partial charge on any atom is -0.505 e. The van der Waals surface area contributed by atoms with Crippen molar-refractivity contribution < 1.29 is 19.4 Å². The summed E-state index contributed by atoms with van der Waals surface area (Å²) >= 11 is 1.35. The minimum absolute atomic E-state index is 0.00919. The molecule has 1 atom stereocenters. The average molecular weight is 539 g/mol. The Labute approximate surface area is 228 Å². The van der Waals surface area contributed by atoms with Crippen molar-refractivity contribution in [2.24, 2.45) is 0 Å². The van der Waals surface area contributed by atoms with Gasteiger partial charge in [-0.1, -0.05) is 35.6 Å². The van der Waals surface area contributed by atoms with Crippen LogP contribution in [0.3, 0.4) is 0 Å². The lowest BCUT2D eigenvalue weighted by molar-refractivity contribution is -0.132. The van der Waals surface area contributed by atoms with E-state index in [1.165, 1.54) is 16.2 Å². The van der Waals surface area contributed by atoms with Gasteiger partial charge in [0.05, 0.1) is 34.1 Å². The molecule has 1 unspecified atom stereocenters. The SMILES string of the molecule is CCOc1ccc(C2/C(=C(\O)c3c(C)nc4ccccn34)C(=O)C(=O)N2c2nc3c(C)cc(C)cc3s2)cc1. The molecule has 8 nitrogen and oxygen atoms in total. The van der Waals surface area contributed by atoms with Gasteiger partial charge in [0, 0.05) is 6.20 Å². The second-order valence-corrected chi connectivity index (χ2v) is 10.6. The molecule has 5 aromatic rings. The highest BCUT2D eigenvalue weighted by molar-refractivity contribution is 7.22. The molecule has 9 heteroatoms. The molecule has 0 spiro atoms. The van der Waals surface area contributed by atoms with Gasteiger partial charge in [0.25, 0.3) is 5.78 Å². The van der Waals surface area contributed by atoms with Gasteiger partial charge in [-0.25, -0.2) is 9.97 Å². The van der Waals surface area contributed by atoms with Crippen molar-refractivity contribution in [1.29, 1.82) is 0 Å². The number of imidazole rings is 1. The third kappa shape index (κ3) is 3.97. The number of aliphatic hydroxyl groups is 1. The van der Waals surface area contributed by atoms with E-state index >= 15 is 0 Å². The fourth-order valence-corrected chi connectivity index (χ4v) is 6.41. The highest BCUT2D eigenvalue weighted by Crippen LogP contribution is 2.45. The highest BCUT2D eigenvalue weighted by Gasteiger charge is 2.48. The van der Waals surface area contributed by atoms with Crippen LogP contribution in [0.1, 0.15) is 41.0 Å². The first-order chi connectivity index (χ1) is 18.8. The molecule has 0 saturated carbocycles. The lowest BCUT2D eigenvalue weighted by atomic mass is 9.96. The number of carbonyl (C=O) groups excluding carboxylic acids is 2. The standard InChI is InChI=1S/C30H26N4O4S/c1-5-38-20-11-9-19(10-12-20)26-23(27(35)25-18(4)31-22-8-6-7-13-33(22)25)28(36)29(37)34(26)30-32-24-17(3)14-16(2)15-21(24)39-30/h6-15,26,35H,5H2,1-4H3/b27-23+. The second kappa shape index (κ2) is 9.36. The Morgan fingerprint density at radius 2 is 1.82 bits per heavy atom. The van der Waals surface area contributed by atoms with Crippen LogP contribution in [-0.4, -0.2) is 37.8 Å². The number of benzene rings is 2. The molecular weight excluding hydrogens is 512 g/mol. The van der Waals surface area contributed by atoms with Gasteiger partial charge in [0.1, 0.15) is 17.1 Å². The maximum absolute atomic E-state index is 13.7. The van der Waals surface area contributed by atoms with Crippen molar-refractivity contribution in [3.8, 4) is 5.75 Å². The third-order valence-electron chi connectivity index (χ3n) is 6.90. The maximum Gasteiger partial charge on any atom is 0.301 e. The van der Waals surface area contributed by atoms with E-state index in [0.717, 1.165) is 21.3 Å². The number of fused-ring (bicyclic) bond motifs is 2. The molecule has 39 heavy (non-hydrogen) atoms. The number of thiazole rings is 1. The number of Topliss-reactive ketones (excluding diaryl/α,β-unsaturated/α-hetero) is 1. The van der Waals surface area contributed by atoms with E-state index in [1.807, 2.05) is 63.2 Å². The Kier molecular flexibility index (Phi) is 5.95. The number of ether oxygens (including phenoxy) is 1. The number of hydrogen-bond donors (Lipinski definition) is 1. The lowest BCUT2D eigenvalue weighted by Crippen LogP contribution is -2.29. The summed E-state index contributed by atoms with van der Waals surface area (Å²) < 4.78 is 8.25. The van der Waals surface area contributed by atoms with Gasteiger partial charge in [-0.2, -0.15) is 0 Å². The first kappa shape index (κ1) is 24.8. The van der Waals surface area contributed by atoms with Crippen LogP contribution in [0.15, 0.2) is 66.4 Å². The first-order valence-electron chi connectivity index (χ1n) is 12.6. The number of aryl methyl sites for hydroxylation is 3. The van der Waals surface area contributed by atoms with E-state index < -0.39 is 17.7 Å². The molecule has 1 N–H and O–H groups in total. The predicted molar refractivity (Wildman–Crippen MR) is 151 cm³/mol. The number of rotatable bonds is 5. The summed E-state index contributed by atoms with van der Waals surface area (Å²) in [5.41, 5.74) is 5.04. The van der Waals surface area contributed by atoms with Gasteiger partial charge < -0.3 is 9.84 Å². The Bertz CT molecular complexity index is 1820. The number of pyridine rings is 1. The molecule has 1 saturated heterocycles. The van der Waals surface area contributed by atoms with Gasteiger partial charge in [-0.05, 0) is 74.7 Å². The molecule has 0 bridgehead atoms. The van der Waals surface area contributed by atoms with Crippen molar-refractivity contribution in [3.63, 3.8) is 0 Å². The first-order valence-corrected chi connectivity index (χ1v) is 13.5. The molecule has 1 aliphatic rings. The Hall–Kier alpha value is -4.50. The molecule has 3 aromatic heterocycles. The Balaban J connectivity index is 1.59. The van der Waals surface area contributed by atoms with Crippen LogP contribution < -0.4 is 9.64 Å². The zero-order chi connectivity index (χ0) is 27.4. The van der Waals surface area contributed by atoms with E-state index in [2.05, 4.69) is 4.98 Å². The summed E-state index contributed by atoms with van der Waals surface area (Å²) in [6.07, 6.45) is 1.77. The van der Waals surface area contributed by atoms with E-state index in [9.17, 15) is 14.7 Å². The lowest BCUT2D eigenvalue weighted by Gasteiger charge is -2.23. The molecule has 2 aromatic carbocycles. The molecule has 4 heterocycles. The number of ketones is 1. The quantitative estimate of drug-likeness (QED) is 0.170. The molecule has 1 fully saturated rings. The van der Waals surface area contributed by atoms with Crippen molar-refractivity contribution in [1.82, 2.24) is 14.4 Å². The molecule has 196 valence electrons. The van der Waals surface area contributed by atoms with Crippen LogP contribution in [0.4, 0.5) is 5.13 Å². The van der Waals surface area contributed by atoms with Crippen LogP contribution in [0.2, 0.25) is 0 Å². The average Bonchev–Trinajstić information content (AvgIpc) is 3.56. The highest BCUT2D eigenvalue weighted by atomic mass is 32.1. The molecule has 0 aliphatic carbocycles. The van der Waals surface area contributed by atoms with Crippen molar-refractivity contribution in [2.75, 3.05) is 11.5 Å². The predicted octanol–water partition coefficient (Wildman–Crippen LogP) is 5.89. The monoisotopic (exact) mass is 538 g/mol. The fourth-order valence-electron chi connectivity index (χ4n) is 5.25. The number of aromatic nitrogens is 3. The van der Waals surface area contributed by atoms with Gasteiger partial charge in [-0.15, -0.1) is 0 Å². The maximum atomic E-state index is 13.7. The molecular formula is C30H26N4O4S. The summed E-state index contributed by atoms with van der Waals surface area (Å²) in [4.78, 5) is 38.1. The van der Waals surface area contributed by atoms with E-state index in [0.29, 0.717) is 40.1 Å². The van der Waals surface area contributed by atoms with E-state index in [1.54, 1.807) is 29.7 Å². The fraction of sp³-hybridized carbons (Fsp3) is 0.200. The van der Waals surface area contributed by atoms with Crippen molar-refractivity contribution in [3.05, 3.63) is 94.4 Å². The topological polar surface area (TPSA) is 97.0 Å². The van der Waals surface area contributed by atoms with Gasteiger partial charge >= 0.3 is 5.91 Å². The summed E-state index contributed by atoms with van der Waals surface area (Å²) in [6, 6.07) is 15.9. The molecule has 6 rings (SSSR count).